The van der Waals surface area contributed by atoms with Crippen LogP contribution in [-0.2, 0) is 9.53 Å². The SMILES string of the molecule is Cc1nnc(-c2ccc(NC(=O)C3CCCO3)cc2)o1. The summed E-state index contributed by atoms with van der Waals surface area (Å²) in [6.45, 7) is 2.40. The second-order valence-corrected chi connectivity index (χ2v) is 4.69. The fraction of sp³-hybridized carbons (Fsp3) is 0.357. The zero-order valence-electron chi connectivity index (χ0n) is 11.1. The lowest BCUT2D eigenvalue weighted by Gasteiger charge is -2.10. The van der Waals surface area contributed by atoms with Crippen LogP contribution in [0.5, 0.6) is 0 Å². The monoisotopic (exact) mass is 273 g/mol. The van der Waals surface area contributed by atoms with Crippen LogP contribution in [0.3, 0.4) is 0 Å². The summed E-state index contributed by atoms with van der Waals surface area (Å²) >= 11 is 0. The topological polar surface area (TPSA) is 77.2 Å². The van der Waals surface area contributed by atoms with Crippen LogP contribution in [0.4, 0.5) is 5.69 Å². The highest BCUT2D eigenvalue weighted by molar-refractivity contribution is 5.94. The van der Waals surface area contributed by atoms with Crippen LogP contribution < -0.4 is 5.32 Å². The first-order valence-corrected chi connectivity index (χ1v) is 6.55. The van der Waals surface area contributed by atoms with Crippen LogP contribution in [0.2, 0.25) is 0 Å². The van der Waals surface area contributed by atoms with Gasteiger partial charge < -0.3 is 14.5 Å². The van der Waals surface area contributed by atoms with Crippen molar-refractivity contribution in [2.75, 3.05) is 11.9 Å². The van der Waals surface area contributed by atoms with E-state index in [1.54, 1.807) is 6.92 Å². The maximum absolute atomic E-state index is 11.9. The van der Waals surface area contributed by atoms with Gasteiger partial charge in [0.1, 0.15) is 6.10 Å². The highest BCUT2D eigenvalue weighted by Crippen LogP contribution is 2.21. The van der Waals surface area contributed by atoms with E-state index >= 15 is 0 Å². The average Bonchev–Trinajstić information content (AvgIpc) is 3.10. The Morgan fingerprint density at radius 3 is 2.70 bits per heavy atom. The molecule has 1 N–H and O–H groups in total. The molecule has 3 rings (SSSR count). The summed E-state index contributed by atoms with van der Waals surface area (Å²) in [5.74, 6) is 0.902. The quantitative estimate of drug-likeness (QED) is 0.927. The third-order valence-corrected chi connectivity index (χ3v) is 3.15. The second-order valence-electron chi connectivity index (χ2n) is 4.69. The minimum atomic E-state index is -0.326. The van der Waals surface area contributed by atoms with Gasteiger partial charge in [-0.3, -0.25) is 4.79 Å². The largest absolute Gasteiger partial charge is 0.421 e. The molecule has 1 amide bonds. The molecule has 1 aromatic heterocycles. The maximum Gasteiger partial charge on any atom is 0.253 e. The summed E-state index contributed by atoms with van der Waals surface area (Å²) in [5, 5.41) is 10.6. The van der Waals surface area contributed by atoms with E-state index in [-0.39, 0.29) is 12.0 Å². The normalized spacial score (nSPS) is 18.1. The lowest BCUT2D eigenvalue weighted by Crippen LogP contribution is -2.26. The van der Waals surface area contributed by atoms with Crippen molar-refractivity contribution in [1.29, 1.82) is 0 Å². The molecule has 0 bridgehead atoms. The minimum Gasteiger partial charge on any atom is -0.421 e. The number of anilines is 1. The molecule has 0 radical (unpaired) electrons. The molecule has 0 spiro atoms. The molecule has 6 heteroatoms. The van der Waals surface area contributed by atoms with Crippen LogP contribution >= 0.6 is 0 Å². The Balaban J connectivity index is 1.68. The number of nitrogens with zero attached hydrogens (tertiary/aromatic N) is 2. The lowest BCUT2D eigenvalue weighted by atomic mass is 10.2. The Morgan fingerprint density at radius 2 is 2.10 bits per heavy atom. The predicted octanol–water partition coefficient (Wildman–Crippen LogP) is 2.16. The summed E-state index contributed by atoms with van der Waals surface area (Å²) in [7, 11) is 0. The number of nitrogens with one attached hydrogen (secondary N) is 1. The fourth-order valence-electron chi connectivity index (χ4n) is 2.12. The van der Waals surface area contributed by atoms with E-state index < -0.39 is 0 Å². The smallest absolute Gasteiger partial charge is 0.253 e. The van der Waals surface area contributed by atoms with Crippen molar-refractivity contribution in [2.24, 2.45) is 0 Å². The summed E-state index contributed by atoms with van der Waals surface area (Å²) < 4.78 is 10.7. The zero-order chi connectivity index (χ0) is 13.9. The lowest BCUT2D eigenvalue weighted by molar-refractivity contribution is -0.124. The predicted molar refractivity (Wildman–Crippen MR) is 72.1 cm³/mol. The molecule has 1 aliphatic heterocycles. The van der Waals surface area contributed by atoms with Crippen molar-refractivity contribution in [3.05, 3.63) is 30.2 Å². The van der Waals surface area contributed by atoms with Crippen LogP contribution in [-0.4, -0.2) is 28.8 Å². The van der Waals surface area contributed by atoms with E-state index in [2.05, 4.69) is 15.5 Å². The molecule has 1 unspecified atom stereocenters. The Hall–Kier alpha value is -2.21. The van der Waals surface area contributed by atoms with Crippen molar-refractivity contribution >= 4 is 11.6 Å². The van der Waals surface area contributed by atoms with Crippen molar-refractivity contribution < 1.29 is 13.9 Å². The van der Waals surface area contributed by atoms with Gasteiger partial charge in [-0.2, -0.15) is 0 Å². The van der Waals surface area contributed by atoms with Crippen molar-refractivity contribution in [3.8, 4) is 11.5 Å². The van der Waals surface area contributed by atoms with Crippen LogP contribution in [0.25, 0.3) is 11.5 Å². The first-order valence-electron chi connectivity index (χ1n) is 6.55. The number of carbonyl (C=O) groups is 1. The van der Waals surface area contributed by atoms with Crippen LogP contribution in [0, 0.1) is 6.92 Å². The number of aryl methyl sites for hydroxylation is 1. The molecule has 1 aliphatic rings. The zero-order valence-corrected chi connectivity index (χ0v) is 11.1. The van der Waals surface area contributed by atoms with Crippen molar-refractivity contribution in [3.63, 3.8) is 0 Å². The molecule has 1 saturated heterocycles. The van der Waals surface area contributed by atoms with E-state index in [0.717, 1.165) is 24.1 Å². The van der Waals surface area contributed by atoms with E-state index in [9.17, 15) is 4.79 Å². The summed E-state index contributed by atoms with van der Waals surface area (Å²) in [4.78, 5) is 11.9. The van der Waals surface area contributed by atoms with Crippen molar-refractivity contribution in [1.82, 2.24) is 10.2 Å². The number of aromatic nitrogens is 2. The standard InChI is InChI=1S/C14H15N3O3/c1-9-16-17-14(20-9)10-4-6-11(7-5-10)15-13(18)12-3-2-8-19-12/h4-7,12H,2-3,8H2,1H3,(H,15,18). The number of benzene rings is 1. The molecule has 20 heavy (non-hydrogen) atoms. The molecule has 1 fully saturated rings. The molecule has 104 valence electrons. The molecule has 6 nitrogen and oxygen atoms in total. The van der Waals surface area contributed by atoms with Gasteiger partial charge in [-0.1, -0.05) is 0 Å². The van der Waals surface area contributed by atoms with Gasteiger partial charge >= 0.3 is 0 Å². The number of hydrogen-bond donors (Lipinski definition) is 1. The Morgan fingerprint density at radius 1 is 1.30 bits per heavy atom. The number of ether oxygens (including phenoxy) is 1. The second kappa shape index (κ2) is 5.42. The van der Waals surface area contributed by atoms with E-state index in [4.69, 9.17) is 9.15 Å². The number of amides is 1. The van der Waals surface area contributed by atoms with Crippen LogP contribution in [0.1, 0.15) is 18.7 Å². The van der Waals surface area contributed by atoms with Gasteiger partial charge in [0.15, 0.2) is 0 Å². The fourth-order valence-corrected chi connectivity index (χ4v) is 2.12. The number of hydrogen-bond acceptors (Lipinski definition) is 5. The molecular weight excluding hydrogens is 258 g/mol. The Kier molecular flexibility index (Phi) is 3.47. The van der Waals surface area contributed by atoms with Gasteiger partial charge in [-0.25, -0.2) is 0 Å². The summed E-state index contributed by atoms with van der Waals surface area (Å²) in [5.41, 5.74) is 1.55. The van der Waals surface area contributed by atoms with Crippen LogP contribution in [0.15, 0.2) is 28.7 Å². The summed E-state index contributed by atoms with van der Waals surface area (Å²) in [6, 6.07) is 7.28. The average molecular weight is 273 g/mol. The Bertz CT molecular complexity index is 600. The van der Waals surface area contributed by atoms with Gasteiger partial charge in [0.2, 0.25) is 11.8 Å². The van der Waals surface area contributed by atoms with Gasteiger partial charge in [0.25, 0.3) is 5.91 Å². The molecular formula is C14H15N3O3. The van der Waals surface area contributed by atoms with Gasteiger partial charge in [0.05, 0.1) is 0 Å². The molecule has 2 heterocycles. The molecule has 0 saturated carbocycles. The minimum absolute atomic E-state index is 0.0936. The highest BCUT2D eigenvalue weighted by Gasteiger charge is 2.23. The Labute approximate surface area is 116 Å². The molecule has 1 atom stereocenters. The number of rotatable bonds is 3. The van der Waals surface area contributed by atoms with Crippen molar-refractivity contribution in [2.45, 2.75) is 25.9 Å². The number of carbonyl (C=O) groups excluding carboxylic acids is 1. The van der Waals surface area contributed by atoms with E-state index in [1.165, 1.54) is 0 Å². The third-order valence-electron chi connectivity index (χ3n) is 3.15. The van der Waals surface area contributed by atoms with Gasteiger partial charge in [-0.05, 0) is 37.1 Å². The third kappa shape index (κ3) is 2.70. The first kappa shape index (κ1) is 12.8. The first-order chi connectivity index (χ1) is 9.72. The summed E-state index contributed by atoms with van der Waals surface area (Å²) in [6.07, 6.45) is 1.40. The maximum atomic E-state index is 11.9. The van der Waals surface area contributed by atoms with Gasteiger partial charge in [-0.15, -0.1) is 10.2 Å². The molecule has 2 aromatic rings. The van der Waals surface area contributed by atoms with Gasteiger partial charge in [0, 0.05) is 24.8 Å². The molecule has 1 aromatic carbocycles. The van der Waals surface area contributed by atoms with E-state index in [1.807, 2.05) is 24.3 Å². The highest BCUT2D eigenvalue weighted by atomic mass is 16.5. The molecule has 0 aliphatic carbocycles. The van der Waals surface area contributed by atoms with E-state index in [0.29, 0.717) is 18.4 Å².